The van der Waals surface area contributed by atoms with Crippen molar-refractivity contribution in [3.63, 3.8) is 0 Å². The third kappa shape index (κ3) is 23.4. The highest BCUT2D eigenvalue weighted by Crippen LogP contribution is 2.68. The minimum Gasteiger partial charge on any atom is -0.408 e. The van der Waals surface area contributed by atoms with Crippen LogP contribution in [0.15, 0.2) is 18.2 Å². The van der Waals surface area contributed by atoms with E-state index in [0.29, 0.717) is 0 Å². The highest BCUT2D eigenvalue weighted by Gasteiger charge is 2.55. The Labute approximate surface area is 863 Å². The Kier molecular flexibility index (Phi) is 32.2. The van der Waals surface area contributed by atoms with Crippen LogP contribution >= 0.6 is 8.60 Å². The van der Waals surface area contributed by atoms with Gasteiger partial charge in [0.2, 0.25) is 0 Å². The van der Waals surface area contributed by atoms with Gasteiger partial charge in [-0.2, -0.15) is 0 Å². The molecule has 0 aromatic heterocycles. The maximum absolute atomic E-state index is 9.35. The zero-order valence-corrected chi connectivity index (χ0v) is 104. The van der Waals surface area contributed by atoms with Gasteiger partial charge in [-0.05, 0) is 324 Å². The Balaban J connectivity index is 1.75. The number of hydrogen-bond acceptors (Lipinski definition) is 3. The van der Waals surface area contributed by atoms with Gasteiger partial charge in [0.15, 0.2) is 0 Å². The van der Waals surface area contributed by atoms with Gasteiger partial charge in [-0.25, -0.2) is 0 Å². The molecule has 0 spiro atoms. The molecule has 0 atom stereocenters. The minimum atomic E-state index is -2.65. The van der Waals surface area contributed by atoms with Crippen LogP contribution in [0.25, 0.3) is 33.4 Å². The molecule has 3 aliphatic rings. The predicted octanol–water partition coefficient (Wildman–Crippen LogP) is 41.9. The van der Waals surface area contributed by atoms with Crippen LogP contribution in [-0.4, -0.2) is 0 Å². The van der Waals surface area contributed by atoms with Crippen LogP contribution in [0.3, 0.4) is 0 Å². The summed E-state index contributed by atoms with van der Waals surface area (Å²) in [6.45, 7) is 152. The molecule has 3 nitrogen and oxygen atoms in total. The Morgan fingerprint density at radius 2 is 0.331 bits per heavy atom. The normalized spacial score (nSPS) is 16.5. The number of hydrogen-bond donors (Lipinski definition) is 0. The van der Waals surface area contributed by atoms with Crippen LogP contribution in [0.4, 0.5) is 0 Å². The second-order valence-corrected chi connectivity index (χ2v) is 65.4. The van der Waals surface area contributed by atoms with E-state index in [9.17, 15) is 13.6 Å². The fourth-order valence-corrected chi connectivity index (χ4v) is 28.0. The Morgan fingerprint density at radius 1 is 0.187 bits per heavy atom. The van der Waals surface area contributed by atoms with Crippen molar-refractivity contribution in [3.8, 4) is 50.6 Å². The Hall–Kier alpha value is -4.85. The van der Waals surface area contributed by atoms with E-state index in [1.165, 1.54) is 175 Å². The largest absolute Gasteiger partial charge is 0.530 e. The van der Waals surface area contributed by atoms with Crippen LogP contribution in [0, 0.1) is 16.2 Å². The first-order valence-electron chi connectivity index (χ1n) is 56.2. The van der Waals surface area contributed by atoms with Gasteiger partial charge in [0.05, 0.1) is 0 Å². The van der Waals surface area contributed by atoms with E-state index in [1.54, 1.807) is 50.1 Å². The first-order chi connectivity index (χ1) is 62.0. The van der Waals surface area contributed by atoms with E-state index in [4.69, 9.17) is 0 Å². The van der Waals surface area contributed by atoms with E-state index in [-0.39, 0.29) is 81.2 Å². The number of benzene rings is 6. The van der Waals surface area contributed by atoms with Crippen LogP contribution in [0.1, 0.15) is 626 Å². The fraction of sp³-hybridized carbons (Fsp3) is 0.733. The van der Waals surface area contributed by atoms with Crippen molar-refractivity contribution in [1.82, 2.24) is 0 Å². The summed E-state index contributed by atoms with van der Waals surface area (Å²) >= 11 is 0. The molecule has 139 heavy (non-hydrogen) atoms. The smallest absolute Gasteiger partial charge is 0.408 e. The van der Waals surface area contributed by atoms with Crippen molar-refractivity contribution >= 4 is 8.60 Å². The first-order valence-corrected chi connectivity index (χ1v) is 57.3. The molecular formula is C135H219O3P. The van der Waals surface area contributed by atoms with Crippen molar-refractivity contribution in [2.75, 3.05) is 0 Å². The van der Waals surface area contributed by atoms with Gasteiger partial charge in [0.1, 0.15) is 17.2 Å². The van der Waals surface area contributed by atoms with Crippen LogP contribution in [0.5, 0.6) is 17.2 Å². The number of unbranched alkanes of at least 4 members (excludes halogenated alkanes) is 3. The molecule has 0 saturated carbocycles. The minimum absolute atomic E-state index is 0.121. The summed E-state index contributed by atoms with van der Waals surface area (Å²) in [7, 11) is -2.65. The molecule has 6 aromatic rings. The van der Waals surface area contributed by atoms with E-state index in [1.807, 2.05) is 0 Å². The lowest BCUT2D eigenvalue weighted by Gasteiger charge is -2.49. The predicted molar refractivity (Wildman–Crippen MR) is 620 cm³/mol. The molecule has 4 heteroatoms. The summed E-state index contributed by atoms with van der Waals surface area (Å²) in [6.07, 6.45) is 20.7. The Morgan fingerprint density at radius 3 is 0.446 bits per heavy atom. The van der Waals surface area contributed by atoms with Gasteiger partial charge in [0.25, 0.3) is 0 Å². The first kappa shape index (κ1) is 118. The maximum Gasteiger partial charge on any atom is 0.530 e. The summed E-state index contributed by atoms with van der Waals surface area (Å²) in [4.78, 5) is 0. The zero-order chi connectivity index (χ0) is 107. The summed E-state index contributed by atoms with van der Waals surface area (Å²) in [5.41, 5.74) is 37.2. The van der Waals surface area contributed by atoms with E-state index < -0.39 is 41.1 Å². The topological polar surface area (TPSA) is 27.7 Å². The zero-order valence-electron chi connectivity index (χ0n) is 103. The lowest BCUT2D eigenvalue weighted by atomic mass is 9.55. The maximum atomic E-state index is 9.35. The van der Waals surface area contributed by atoms with Crippen LogP contribution in [0.2, 0.25) is 0 Å². The summed E-state index contributed by atoms with van der Waals surface area (Å²) in [5.74, 6) is 2.68. The highest BCUT2D eigenvalue weighted by molar-refractivity contribution is 7.43. The van der Waals surface area contributed by atoms with Gasteiger partial charge < -0.3 is 13.6 Å². The molecule has 0 amide bonds. The standard InChI is InChI=1S/C135H219O3P/c1-61-67-70-133(64-4)76-82-100(121(25,26)27)83(77-133)104(125(37,38)39)97(103(82)124(34,35)36)94-88(115(7,8)9)73-91(118(16,17)18)112(109(94)130(52,53)54)136-139(137-113-92(119(19,20)21)74-89(116(10,11)12)95(110(113)131(55,56)57)98-105(126(40,41)42)84-78-134(65-5,71-68-62-2)79-85(101(84)122(28,29)30)106(98)127(43,44)45)138-114-93(120(22,23)24)75-90(117(13,14)15)96(111(114)132(58,59)60)99-107(128(46,47)48)86-80-135(66-6,72-69-63-3)81-87(102(86)123(31,32)33)108(99)129(49,50)51/h73-75H,61-72,76-81H2,1-60H3. The van der Waals surface area contributed by atoms with E-state index >= 15 is 0 Å². The number of fused-ring (bicyclic) bond motifs is 6. The number of rotatable bonds is 21. The molecule has 782 valence electrons. The molecule has 6 bridgehead atoms. The molecule has 3 aliphatic carbocycles. The van der Waals surface area contributed by atoms with Gasteiger partial charge >= 0.3 is 8.60 Å². The van der Waals surface area contributed by atoms with Crippen LogP contribution < -0.4 is 13.6 Å². The molecular weight excluding hydrogens is 1700 g/mol. The molecule has 0 aliphatic heterocycles. The second kappa shape index (κ2) is 38.1. The van der Waals surface area contributed by atoms with Crippen molar-refractivity contribution in [2.45, 2.75) is 628 Å². The average molecular weight is 1920 g/mol. The lowest BCUT2D eigenvalue weighted by molar-refractivity contribution is 0.222. The van der Waals surface area contributed by atoms with E-state index in [0.717, 1.165) is 75.0 Å². The van der Waals surface area contributed by atoms with Gasteiger partial charge in [-0.15, -0.1) is 0 Å². The second-order valence-electron chi connectivity index (χ2n) is 64.5. The Bertz CT molecular complexity index is 4830. The third-order valence-corrected chi connectivity index (χ3v) is 33.8. The van der Waals surface area contributed by atoms with E-state index in [2.05, 4.69) is 434 Å². The highest BCUT2D eigenvalue weighted by atomic mass is 31.2. The average Bonchev–Trinajstić information content (AvgIpc) is 0.692. The lowest BCUT2D eigenvalue weighted by Crippen LogP contribution is -2.40. The summed E-state index contributed by atoms with van der Waals surface area (Å²) in [5, 5.41) is 0. The SMILES string of the molecule is CCCCC1(CC)Cc2c(C(C)(C)C)c(c(C(C)(C)C)c(-c3c(C(C)(C)C)cc(C(C)(C)C)c(OP(Oc4c(C(C)(C)C)cc(C(C)(C)C)c(-c5c(C(C)(C)C)c6c(C(C)(C)C)c(c5C(C)(C)C)CC(CC)(CCCC)C6)c4C(C)(C)C)Oc4c(C(C)(C)C)cc(C(C)(C)C)c(-c5c(C(C)(C)C)c6c(C(C)(C)C)c(c5C(C)(C)C)CC(CC)(CCCC)C6)c4C(C)(C)C)c3C(C)(C)C)c2C(C)(C)C)C1. The molecule has 6 aromatic carbocycles. The van der Waals surface area contributed by atoms with Gasteiger partial charge in [-0.1, -0.05) is 472 Å². The molecule has 0 heterocycles. The van der Waals surface area contributed by atoms with Gasteiger partial charge in [-0.3, -0.25) is 0 Å². The van der Waals surface area contributed by atoms with Crippen molar-refractivity contribution in [3.05, 3.63) is 152 Å². The quantitative estimate of drug-likeness (QED) is 0.0672. The van der Waals surface area contributed by atoms with Crippen molar-refractivity contribution in [2.24, 2.45) is 16.2 Å². The summed E-state index contributed by atoms with van der Waals surface area (Å²) < 4.78 is 28.1. The van der Waals surface area contributed by atoms with Crippen LogP contribution in [-0.2, 0) is 136 Å². The van der Waals surface area contributed by atoms with Gasteiger partial charge in [0, 0.05) is 33.4 Å². The molecule has 0 fully saturated rings. The molecule has 0 saturated heterocycles. The fourth-order valence-electron chi connectivity index (χ4n) is 26.9. The monoisotopic (exact) mass is 1920 g/mol. The molecule has 0 unspecified atom stereocenters. The van der Waals surface area contributed by atoms with Crippen molar-refractivity contribution < 1.29 is 13.6 Å². The summed E-state index contributed by atoms with van der Waals surface area (Å²) in [6, 6.07) is 8.08. The third-order valence-electron chi connectivity index (χ3n) is 32.8. The molecule has 9 rings (SSSR count). The molecule has 0 radical (unpaired) electrons. The molecule has 0 N–H and O–H groups in total. The van der Waals surface area contributed by atoms with Crippen molar-refractivity contribution in [1.29, 1.82) is 0 Å².